The Bertz CT molecular complexity index is 895. The maximum atomic E-state index is 12.9. The smallest absolute Gasteiger partial charge is 0.321 e. The van der Waals surface area contributed by atoms with Crippen LogP contribution in [-0.4, -0.2) is 31.0 Å². The average molecular weight is 363 g/mol. The van der Waals surface area contributed by atoms with Gasteiger partial charge in [0.1, 0.15) is 6.04 Å². The van der Waals surface area contributed by atoms with Crippen molar-refractivity contribution in [3.05, 3.63) is 65.7 Å². The van der Waals surface area contributed by atoms with Crippen LogP contribution >= 0.6 is 0 Å². The molecule has 2 aromatic carbocycles. The predicted octanol–water partition coefficient (Wildman–Crippen LogP) is 2.46. The average Bonchev–Trinajstić information content (AvgIpc) is 3.12. The highest BCUT2D eigenvalue weighted by atomic mass is 16.5. The number of rotatable bonds is 3. The molecule has 0 bridgehead atoms. The lowest BCUT2D eigenvalue weighted by Crippen LogP contribution is -2.52. The molecule has 6 heteroatoms. The largest absolute Gasteiger partial charge is 0.465 e. The Kier molecular flexibility index (Phi) is 4.62. The number of carbonyl (C=O) groups excluding carboxylic acids is 2. The number of nitrogens with one attached hydrogen (secondary N) is 1. The highest BCUT2D eigenvalue weighted by molar-refractivity contribution is 6.13. The van der Waals surface area contributed by atoms with E-state index in [0.29, 0.717) is 5.96 Å². The van der Waals surface area contributed by atoms with Crippen LogP contribution in [0.2, 0.25) is 0 Å². The highest BCUT2D eigenvalue weighted by Gasteiger charge is 2.42. The van der Waals surface area contributed by atoms with Gasteiger partial charge in [-0.15, -0.1) is 0 Å². The van der Waals surface area contributed by atoms with Crippen LogP contribution < -0.4 is 10.2 Å². The number of amides is 1. The van der Waals surface area contributed by atoms with Crippen molar-refractivity contribution in [2.24, 2.45) is 10.9 Å². The fourth-order valence-electron chi connectivity index (χ4n) is 3.65. The molecule has 2 aromatic rings. The van der Waals surface area contributed by atoms with E-state index in [2.05, 4.69) is 11.4 Å². The van der Waals surface area contributed by atoms with Gasteiger partial charge in [-0.05, 0) is 30.5 Å². The van der Waals surface area contributed by atoms with Gasteiger partial charge in [-0.1, -0.05) is 48.5 Å². The van der Waals surface area contributed by atoms with Crippen molar-refractivity contribution in [2.75, 3.05) is 18.1 Å². The fourth-order valence-corrected chi connectivity index (χ4v) is 3.65. The number of hydrogen-bond donors (Lipinski definition) is 1. The minimum Gasteiger partial charge on any atom is -0.465 e. The van der Waals surface area contributed by atoms with Crippen LogP contribution in [0.4, 0.5) is 5.69 Å². The molecule has 0 saturated heterocycles. The molecule has 0 saturated carbocycles. The number of esters is 1. The third-order valence-corrected chi connectivity index (χ3v) is 4.92. The number of hydrogen-bond acceptors (Lipinski definition) is 5. The van der Waals surface area contributed by atoms with Gasteiger partial charge in [0.25, 0.3) is 0 Å². The van der Waals surface area contributed by atoms with E-state index in [4.69, 9.17) is 9.73 Å². The molecule has 27 heavy (non-hydrogen) atoms. The Balaban J connectivity index is 1.74. The van der Waals surface area contributed by atoms with Crippen LogP contribution in [0.25, 0.3) is 0 Å². The zero-order valence-electron chi connectivity index (χ0n) is 15.1. The molecule has 2 heterocycles. The van der Waals surface area contributed by atoms with Gasteiger partial charge in [-0.25, -0.2) is 4.99 Å². The molecular formula is C21H21N3O3. The topological polar surface area (TPSA) is 71.0 Å². The summed E-state index contributed by atoms with van der Waals surface area (Å²) in [5, 5.41) is 2.82. The van der Waals surface area contributed by atoms with Gasteiger partial charge in [0.05, 0.1) is 6.61 Å². The van der Waals surface area contributed by atoms with Crippen molar-refractivity contribution in [3.8, 4) is 0 Å². The predicted molar refractivity (Wildman–Crippen MR) is 102 cm³/mol. The number of benzene rings is 2. The molecule has 138 valence electrons. The van der Waals surface area contributed by atoms with Crippen LogP contribution in [0.1, 0.15) is 24.1 Å². The summed E-state index contributed by atoms with van der Waals surface area (Å²) in [6, 6.07) is 16.9. The molecule has 6 nitrogen and oxygen atoms in total. The number of fused-ring (bicyclic) bond motifs is 1. The zero-order valence-corrected chi connectivity index (χ0v) is 15.1. The number of carbonyl (C=O) groups is 2. The van der Waals surface area contributed by atoms with E-state index >= 15 is 0 Å². The van der Waals surface area contributed by atoms with E-state index in [1.807, 2.05) is 53.4 Å². The highest BCUT2D eigenvalue weighted by Crippen LogP contribution is 2.33. The molecule has 1 amide bonds. The molecule has 0 spiro atoms. The lowest BCUT2D eigenvalue weighted by atomic mass is 9.91. The Labute approximate surface area is 157 Å². The number of guanidine groups is 1. The molecule has 4 rings (SSSR count). The summed E-state index contributed by atoms with van der Waals surface area (Å²) in [6.45, 7) is 2.69. The summed E-state index contributed by atoms with van der Waals surface area (Å²) in [5.41, 5.74) is 3.08. The first-order valence-corrected chi connectivity index (χ1v) is 9.14. The Morgan fingerprint density at radius 3 is 2.70 bits per heavy atom. The zero-order chi connectivity index (χ0) is 18.8. The molecule has 0 aromatic heterocycles. The van der Waals surface area contributed by atoms with Crippen LogP contribution in [-0.2, 0) is 20.7 Å². The van der Waals surface area contributed by atoms with Gasteiger partial charge >= 0.3 is 5.97 Å². The lowest BCUT2D eigenvalue weighted by molar-refractivity contribution is -0.153. The summed E-state index contributed by atoms with van der Waals surface area (Å²) in [7, 11) is 0. The third kappa shape index (κ3) is 3.18. The van der Waals surface area contributed by atoms with E-state index in [1.165, 1.54) is 5.56 Å². The van der Waals surface area contributed by atoms with Gasteiger partial charge in [-0.3, -0.25) is 14.9 Å². The van der Waals surface area contributed by atoms with Crippen LogP contribution in [0, 0.1) is 5.92 Å². The number of aliphatic imine (C=N–C) groups is 1. The van der Waals surface area contributed by atoms with E-state index in [-0.39, 0.29) is 12.5 Å². The maximum absolute atomic E-state index is 12.9. The number of anilines is 1. The first-order chi connectivity index (χ1) is 13.2. The second-order valence-electron chi connectivity index (χ2n) is 6.56. The number of nitrogens with zero attached hydrogens (tertiary/aromatic N) is 2. The summed E-state index contributed by atoms with van der Waals surface area (Å²) in [5.74, 6) is -1.43. The SMILES string of the molecule is CCOC(=O)[C@H]1C(=O)NC(N2CCc3ccccc32)=N[C@@H]1c1ccccc1. The van der Waals surface area contributed by atoms with Crippen LogP contribution in [0.5, 0.6) is 0 Å². The maximum Gasteiger partial charge on any atom is 0.321 e. The molecule has 2 aliphatic heterocycles. The molecule has 0 radical (unpaired) electrons. The van der Waals surface area contributed by atoms with E-state index in [1.54, 1.807) is 6.92 Å². The van der Waals surface area contributed by atoms with Crippen molar-refractivity contribution < 1.29 is 14.3 Å². The first-order valence-electron chi connectivity index (χ1n) is 9.14. The molecule has 1 N–H and O–H groups in total. The Hall–Kier alpha value is -3.15. The molecule has 2 atom stereocenters. The van der Waals surface area contributed by atoms with Gasteiger partial charge in [0, 0.05) is 12.2 Å². The molecule has 0 unspecified atom stereocenters. The quantitative estimate of drug-likeness (QED) is 0.672. The monoisotopic (exact) mass is 363 g/mol. The second kappa shape index (κ2) is 7.23. The van der Waals surface area contributed by atoms with Gasteiger partial charge in [0.15, 0.2) is 5.92 Å². The van der Waals surface area contributed by atoms with Crippen molar-refractivity contribution in [2.45, 2.75) is 19.4 Å². The molecular weight excluding hydrogens is 342 g/mol. The number of para-hydroxylation sites is 1. The van der Waals surface area contributed by atoms with Crippen LogP contribution in [0.15, 0.2) is 59.6 Å². The van der Waals surface area contributed by atoms with E-state index in [0.717, 1.165) is 24.2 Å². The van der Waals surface area contributed by atoms with Crippen molar-refractivity contribution in [1.82, 2.24) is 5.32 Å². The van der Waals surface area contributed by atoms with Crippen molar-refractivity contribution in [1.29, 1.82) is 0 Å². The minimum atomic E-state index is -0.992. The second-order valence-corrected chi connectivity index (χ2v) is 6.56. The summed E-state index contributed by atoms with van der Waals surface area (Å²) in [4.78, 5) is 32.1. The Morgan fingerprint density at radius 1 is 1.19 bits per heavy atom. The summed E-state index contributed by atoms with van der Waals surface area (Å²) < 4.78 is 5.14. The standard InChI is InChI=1S/C21H21N3O3/c1-2-27-20(26)17-18(15-9-4-3-5-10-15)22-21(23-19(17)25)24-13-12-14-8-6-7-11-16(14)24/h3-11,17-18H,2,12-13H2,1H3,(H,22,23,25)/t17-,18-/m1/s1. The number of ether oxygens (including phenoxy) is 1. The van der Waals surface area contributed by atoms with E-state index < -0.39 is 17.9 Å². The normalized spacial score (nSPS) is 21.3. The van der Waals surface area contributed by atoms with Crippen LogP contribution in [0.3, 0.4) is 0 Å². The molecule has 2 aliphatic rings. The van der Waals surface area contributed by atoms with Crippen molar-refractivity contribution >= 4 is 23.5 Å². The van der Waals surface area contributed by atoms with Gasteiger partial charge < -0.3 is 9.64 Å². The van der Waals surface area contributed by atoms with E-state index in [9.17, 15) is 9.59 Å². The summed E-state index contributed by atoms with van der Waals surface area (Å²) >= 11 is 0. The van der Waals surface area contributed by atoms with Crippen molar-refractivity contribution in [3.63, 3.8) is 0 Å². The fraction of sp³-hybridized carbons (Fsp3) is 0.286. The minimum absolute atomic E-state index is 0.222. The van der Waals surface area contributed by atoms with Gasteiger partial charge in [-0.2, -0.15) is 0 Å². The Morgan fingerprint density at radius 2 is 1.93 bits per heavy atom. The molecule has 0 aliphatic carbocycles. The van der Waals surface area contributed by atoms with Gasteiger partial charge in [0.2, 0.25) is 11.9 Å². The third-order valence-electron chi connectivity index (χ3n) is 4.92. The summed E-state index contributed by atoms with van der Waals surface area (Å²) in [6.07, 6.45) is 0.891. The first kappa shape index (κ1) is 17.3. The lowest BCUT2D eigenvalue weighted by Gasteiger charge is -2.32. The molecule has 0 fully saturated rings.